The van der Waals surface area contributed by atoms with Gasteiger partial charge in [-0.15, -0.1) is 0 Å². The van der Waals surface area contributed by atoms with Gasteiger partial charge in [-0.2, -0.15) is 0 Å². The van der Waals surface area contributed by atoms with Crippen LogP contribution in [0.3, 0.4) is 0 Å². The minimum Gasteiger partial charge on any atom is -0.466 e. The number of carbonyl (C=O) groups is 1. The van der Waals surface area contributed by atoms with Gasteiger partial charge in [-0.1, -0.05) is 0 Å². The van der Waals surface area contributed by atoms with Crippen LogP contribution in [0.2, 0.25) is 0 Å². The molecule has 2 rings (SSSR count). The number of furan rings is 1. The van der Waals surface area contributed by atoms with E-state index in [2.05, 4.69) is 5.32 Å². The van der Waals surface area contributed by atoms with Crippen LogP contribution in [0, 0.1) is 13.8 Å². The van der Waals surface area contributed by atoms with Crippen molar-refractivity contribution in [3.63, 3.8) is 0 Å². The van der Waals surface area contributed by atoms with Crippen molar-refractivity contribution < 1.29 is 9.21 Å². The van der Waals surface area contributed by atoms with Crippen molar-refractivity contribution in [1.29, 1.82) is 0 Å². The zero-order chi connectivity index (χ0) is 13.1. The third kappa shape index (κ3) is 2.58. The number of amides is 1. The van der Waals surface area contributed by atoms with E-state index in [-0.39, 0.29) is 5.91 Å². The van der Waals surface area contributed by atoms with Crippen LogP contribution in [0.5, 0.6) is 0 Å². The zero-order valence-electron chi connectivity index (χ0n) is 11.5. The van der Waals surface area contributed by atoms with Gasteiger partial charge in [0.15, 0.2) is 0 Å². The molecule has 18 heavy (non-hydrogen) atoms. The molecular formula is C14H22N2O2. The summed E-state index contributed by atoms with van der Waals surface area (Å²) in [6.07, 6.45) is 3.39. The highest BCUT2D eigenvalue weighted by atomic mass is 16.3. The van der Waals surface area contributed by atoms with Crippen LogP contribution in [-0.4, -0.2) is 37.0 Å². The SMILES string of the molecule is CNCC1CCCCN1C(=O)c1cc(C)oc1C. The second-order valence-electron chi connectivity index (χ2n) is 5.03. The molecule has 0 aliphatic carbocycles. The number of nitrogens with zero attached hydrogens (tertiary/aromatic N) is 1. The number of likely N-dealkylation sites (tertiary alicyclic amines) is 1. The Morgan fingerprint density at radius 1 is 1.50 bits per heavy atom. The summed E-state index contributed by atoms with van der Waals surface area (Å²) in [6.45, 7) is 5.46. The summed E-state index contributed by atoms with van der Waals surface area (Å²) in [7, 11) is 1.94. The summed E-state index contributed by atoms with van der Waals surface area (Å²) in [5.74, 6) is 1.65. The first-order chi connectivity index (χ1) is 8.63. The molecule has 0 saturated carbocycles. The lowest BCUT2D eigenvalue weighted by Gasteiger charge is -2.35. The Bertz CT molecular complexity index is 423. The topological polar surface area (TPSA) is 45.5 Å². The van der Waals surface area contributed by atoms with Crippen molar-refractivity contribution in [1.82, 2.24) is 10.2 Å². The molecule has 1 unspecified atom stereocenters. The van der Waals surface area contributed by atoms with Crippen LogP contribution in [0.1, 0.15) is 41.1 Å². The van der Waals surface area contributed by atoms with Crippen molar-refractivity contribution >= 4 is 5.91 Å². The number of likely N-dealkylation sites (N-methyl/N-ethyl adjacent to an activating group) is 1. The summed E-state index contributed by atoms with van der Waals surface area (Å²) in [6, 6.07) is 2.16. The average Bonchev–Trinajstić information content (AvgIpc) is 2.69. The van der Waals surface area contributed by atoms with Crippen molar-refractivity contribution in [2.75, 3.05) is 20.1 Å². The highest BCUT2D eigenvalue weighted by molar-refractivity contribution is 5.95. The van der Waals surface area contributed by atoms with E-state index in [1.807, 2.05) is 31.9 Å². The van der Waals surface area contributed by atoms with Gasteiger partial charge >= 0.3 is 0 Å². The normalized spacial score (nSPS) is 20.2. The number of rotatable bonds is 3. The van der Waals surface area contributed by atoms with Gasteiger partial charge in [0.05, 0.1) is 5.56 Å². The molecule has 4 heteroatoms. The molecule has 1 atom stereocenters. The van der Waals surface area contributed by atoms with E-state index >= 15 is 0 Å². The summed E-state index contributed by atoms with van der Waals surface area (Å²) in [4.78, 5) is 14.6. The van der Waals surface area contributed by atoms with E-state index in [1.54, 1.807) is 0 Å². The van der Waals surface area contributed by atoms with E-state index in [0.717, 1.165) is 43.0 Å². The first-order valence-electron chi connectivity index (χ1n) is 6.66. The number of carbonyl (C=O) groups excluding carboxylic acids is 1. The fourth-order valence-corrected chi connectivity index (χ4v) is 2.71. The van der Waals surface area contributed by atoms with E-state index in [4.69, 9.17) is 4.42 Å². The van der Waals surface area contributed by atoms with Gasteiger partial charge in [0.1, 0.15) is 11.5 Å². The molecule has 1 aliphatic heterocycles. The number of piperidine rings is 1. The lowest BCUT2D eigenvalue weighted by Crippen LogP contribution is -2.48. The van der Waals surface area contributed by atoms with E-state index in [9.17, 15) is 4.79 Å². The van der Waals surface area contributed by atoms with Crippen LogP contribution < -0.4 is 5.32 Å². The van der Waals surface area contributed by atoms with Gasteiger partial charge < -0.3 is 14.6 Å². The van der Waals surface area contributed by atoms with Gasteiger partial charge in [0.2, 0.25) is 0 Å². The molecule has 0 radical (unpaired) electrons. The first kappa shape index (κ1) is 13.1. The molecule has 1 aromatic rings. The van der Waals surface area contributed by atoms with Crippen molar-refractivity contribution in [3.8, 4) is 0 Å². The lowest BCUT2D eigenvalue weighted by molar-refractivity contribution is 0.0613. The maximum atomic E-state index is 12.6. The minimum atomic E-state index is 0.115. The maximum absolute atomic E-state index is 12.6. The molecule has 1 aromatic heterocycles. The Hall–Kier alpha value is -1.29. The van der Waals surface area contributed by atoms with Crippen molar-refractivity contribution in [3.05, 3.63) is 23.2 Å². The summed E-state index contributed by atoms with van der Waals surface area (Å²) in [5.41, 5.74) is 0.718. The molecular weight excluding hydrogens is 228 g/mol. The lowest BCUT2D eigenvalue weighted by atomic mass is 10.0. The van der Waals surface area contributed by atoms with Gasteiger partial charge in [0.25, 0.3) is 5.91 Å². The molecule has 0 aromatic carbocycles. The van der Waals surface area contributed by atoms with Crippen molar-refractivity contribution in [2.45, 2.75) is 39.2 Å². The molecule has 1 amide bonds. The van der Waals surface area contributed by atoms with Crippen LogP contribution in [-0.2, 0) is 0 Å². The fourth-order valence-electron chi connectivity index (χ4n) is 2.71. The monoisotopic (exact) mass is 250 g/mol. The Labute approximate surface area is 108 Å². The van der Waals surface area contributed by atoms with E-state index in [0.29, 0.717) is 6.04 Å². The highest BCUT2D eigenvalue weighted by Crippen LogP contribution is 2.22. The van der Waals surface area contributed by atoms with Gasteiger partial charge in [-0.25, -0.2) is 0 Å². The number of nitrogens with one attached hydrogen (secondary N) is 1. The molecule has 1 fully saturated rings. The average molecular weight is 250 g/mol. The molecule has 1 aliphatic rings. The Kier molecular flexibility index (Phi) is 4.07. The Balaban J connectivity index is 2.18. The number of hydrogen-bond donors (Lipinski definition) is 1. The predicted molar refractivity (Wildman–Crippen MR) is 70.8 cm³/mol. The van der Waals surface area contributed by atoms with Gasteiger partial charge in [-0.3, -0.25) is 4.79 Å². The second-order valence-corrected chi connectivity index (χ2v) is 5.03. The van der Waals surface area contributed by atoms with Crippen LogP contribution in [0.15, 0.2) is 10.5 Å². The summed E-state index contributed by atoms with van der Waals surface area (Å²) in [5, 5.41) is 3.18. The second kappa shape index (κ2) is 5.57. The largest absolute Gasteiger partial charge is 0.466 e. The fraction of sp³-hybridized carbons (Fsp3) is 0.643. The quantitative estimate of drug-likeness (QED) is 0.893. The van der Waals surface area contributed by atoms with E-state index in [1.165, 1.54) is 6.42 Å². The standard InChI is InChI=1S/C14H22N2O2/c1-10-8-13(11(2)18-10)14(17)16-7-5-4-6-12(16)9-15-3/h8,12,15H,4-7,9H2,1-3H3. The molecule has 0 spiro atoms. The maximum Gasteiger partial charge on any atom is 0.257 e. The van der Waals surface area contributed by atoms with Crippen molar-refractivity contribution in [2.24, 2.45) is 0 Å². The number of aryl methyl sites for hydroxylation is 2. The molecule has 2 heterocycles. The number of hydrogen-bond acceptors (Lipinski definition) is 3. The molecule has 100 valence electrons. The van der Waals surface area contributed by atoms with E-state index < -0.39 is 0 Å². The van der Waals surface area contributed by atoms with Crippen LogP contribution in [0.4, 0.5) is 0 Å². The van der Waals surface area contributed by atoms with Crippen LogP contribution in [0.25, 0.3) is 0 Å². The van der Waals surface area contributed by atoms with Crippen LogP contribution >= 0.6 is 0 Å². The smallest absolute Gasteiger partial charge is 0.257 e. The van der Waals surface area contributed by atoms with Gasteiger partial charge in [0, 0.05) is 19.1 Å². The molecule has 0 bridgehead atoms. The third-order valence-electron chi connectivity index (χ3n) is 3.60. The Morgan fingerprint density at radius 3 is 2.89 bits per heavy atom. The van der Waals surface area contributed by atoms with Gasteiger partial charge in [-0.05, 0) is 46.2 Å². The molecule has 4 nitrogen and oxygen atoms in total. The molecule has 1 N–H and O–H groups in total. The zero-order valence-corrected chi connectivity index (χ0v) is 11.5. The Morgan fingerprint density at radius 2 is 2.28 bits per heavy atom. The molecule has 1 saturated heterocycles. The predicted octanol–water partition coefficient (Wildman–Crippen LogP) is 2.11. The summed E-state index contributed by atoms with van der Waals surface area (Å²) < 4.78 is 5.46. The first-order valence-corrected chi connectivity index (χ1v) is 6.66. The third-order valence-corrected chi connectivity index (χ3v) is 3.60. The minimum absolute atomic E-state index is 0.115. The highest BCUT2D eigenvalue weighted by Gasteiger charge is 2.28. The summed E-state index contributed by atoms with van der Waals surface area (Å²) >= 11 is 0.